The Balaban J connectivity index is 0.00000361. The predicted octanol–water partition coefficient (Wildman–Crippen LogP) is -1.68. The van der Waals surface area contributed by atoms with E-state index in [1.165, 1.54) is 17.9 Å². The molecule has 2 aliphatic heterocycles. The third kappa shape index (κ3) is 5.85. The number of imide groups is 1. The summed E-state index contributed by atoms with van der Waals surface area (Å²) in [4.78, 5) is 55.0. The maximum absolute atomic E-state index is 12.9. The summed E-state index contributed by atoms with van der Waals surface area (Å²) in [6, 6.07) is -1.13. The van der Waals surface area contributed by atoms with Crippen molar-refractivity contribution in [1.29, 1.82) is 0 Å². The van der Waals surface area contributed by atoms with E-state index in [1.54, 1.807) is 12.1 Å². The third-order valence-corrected chi connectivity index (χ3v) is 6.53. The number of nitrogens with zero attached hydrogens (tertiary/aromatic N) is 5. The molecule has 2 aromatic heterocycles. The molecule has 0 aliphatic carbocycles. The monoisotopic (exact) mass is 550 g/mol. The van der Waals surface area contributed by atoms with Crippen LogP contribution < -0.4 is 16.4 Å². The van der Waals surface area contributed by atoms with Crippen LogP contribution in [-0.4, -0.2) is 117 Å². The molecule has 16 nitrogen and oxygen atoms in total. The van der Waals surface area contributed by atoms with Crippen LogP contribution in [-0.2, 0) is 19.9 Å². The molecular formula is C17H19N8NaO8S2. The fourth-order valence-corrected chi connectivity index (χ4v) is 4.47. The molecule has 2 aromatic rings. The van der Waals surface area contributed by atoms with Crippen molar-refractivity contribution in [2.75, 3.05) is 25.4 Å². The molecule has 0 aromatic carbocycles. The molecule has 6 amide bonds. The topological polar surface area (TPSA) is 221 Å². The van der Waals surface area contributed by atoms with Gasteiger partial charge in [0.05, 0.1) is 37.8 Å². The van der Waals surface area contributed by atoms with Gasteiger partial charge in [0.15, 0.2) is 11.2 Å². The quantitative estimate of drug-likeness (QED) is 0.133. The average molecular weight is 551 g/mol. The standard InChI is InChI=1S/C17H18N8O8S2.Na.H/c18-15-21-11(8-34-15)12(13(26)20-10-7-25(14(10)27)35(30,31)32)22-16(28)23-3-4-24(17(23)29)19-6-9-2-1-5-33-9;;/h1-2,5-6,8,10,12H,3-4,7H2,(H2,18,21)(H,20,26)(H,22,28)(H,30,31,32);;. The van der Waals surface area contributed by atoms with Gasteiger partial charge in [0.2, 0.25) is 5.91 Å². The Morgan fingerprint density at radius 3 is 2.69 bits per heavy atom. The molecule has 2 unspecified atom stereocenters. The first-order valence-corrected chi connectivity index (χ1v) is 12.1. The number of amides is 6. The van der Waals surface area contributed by atoms with E-state index in [-0.39, 0.29) is 57.8 Å². The van der Waals surface area contributed by atoms with Crippen molar-refractivity contribution in [2.45, 2.75) is 12.1 Å². The zero-order chi connectivity index (χ0) is 25.3. The first kappa shape index (κ1) is 27.6. The van der Waals surface area contributed by atoms with Gasteiger partial charge in [0.1, 0.15) is 11.8 Å². The molecule has 0 radical (unpaired) electrons. The summed E-state index contributed by atoms with van der Waals surface area (Å²) in [6.45, 7) is -0.430. The number of rotatable bonds is 7. The number of hydrogen-bond acceptors (Lipinski definition) is 11. The second-order valence-electron chi connectivity index (χ2n) is 7.22. The van der Waals surface area contributed by atoms with Crippen molar-refractivity contribution in [3.8, 4) is 0 Å². The van der Waals surface area contributed by atoms with E-state index >= 15 is 0 Å². The Hall–Kier alpha value is -3.03. The Bertz CT molecular complexity index is 1300. The summed E-state index contributed by atoms with van der Waals surface area (Å²) >= 11 is 0.990. The number of nitrogens with two attached hydrogens (primary N) is 1. The molecule has 0 bridgehead atoms. The van der Waals surface area contributed by atoms with Crippen molar-refractivity contribution in [1.82, 2.24) is 29.8 Å². The van der Waals surface area contributed by atoms with Gasteiger partial charge >= 0.3 is 51.9 Å². The number of aromatic nitrogens is 1. The van der Waals surface area contributed by atoms with E-state index < -0.39 is 52.8 Å². The van der Waals surface area contributed by atoms with Crippen molar-refractivity contribution >= 4 is 86.4 Å². The van der Waals surface area contributed by atoms with Crippen LogP contribution in [0.2, 0.25) is 0 Å². The molecule has 4 rings (SSSR count). The van der Waals surface area contributed by atoms with Gasteiger partial charge in [-0.25, -0.2) is 28.8 Å². The van der Waals surface area contributed by atoms with E-state index in [2.05, 4.69) is 20.7 Å². The minimum atomic E-state index is -4.74. The number of carbonyl (C=O) groups excluding carboxylic acids is 4. The van der Waals surface area contributed by atoms with Gasteiger partial charge in [-0.1, -0.05) is 0 Å². The molecule has 4 heterocycles. The first-order chi connectivity index (χ1) is 16.5. The number of urea groups is 2. The third-order valence-electron chi connectivity index (χ3n) is 4.95. The van der Waals surface area contributed by atoms with Crippen molar-refractivity contribution in [2.24, 2.45) is 5.10 Å². The zero-order valence-electron chi connectivity index (χ0n) is 17.6. The van der Waals surface area contributed by atoms with E-state index in [0.29, 0.717) is 5.76 Å². The average Bonchev–Trinajstić information content (AvgIpc) is 3.53. The SMILES string of the molecule is Nc1nc(C(NC(=O)N2CCN(N=Cc3ccco3)C2=O)C(=O)NC2CN(S(=O)(=O)O)C2=O)cs1.[NaH]. The number of β-lactam (4-membered cyclic amide) rings is 1. The van der Waals surface area contributed by atoms with Crippen molar-refractivity contribution < 1.29 is 36.6 Å². The Kier molecular flexibility index (Phi) is 8.37. The van der Waals surface area contributed by atoms with Gasteiger partial charge in [0, 0.05) is 5.38 Å². The van der Waals surface area contributed by atoms with E-state index in [9.17, 15) is 27.6 Å². The molecule has 0 saturated carbocycles. The Morgan fingerprint density at radius 1 is 1.36 bits per heavy atom. The molecule has 19 heteroatoms. The molecule has 2 atom stereocenters. The van der Waals surface area contributed by atoms with Gasteiger partial charge < -0.3 is 20.8 Å². The Labute approximate surface area is 229 Å². The minimum absolute atomic E-state index is 0. The molecule has 5 N–H and O–H groups in total. The van der Waals surface area contributed by atoms with Crippen LogP contribution in [0.5, 0.6) is 0 Å². The number of nitrogens with one attached hydrogen (secondary N) is 2. The fourth-order valence-electron chi connectivity index (χ4n) is 3.19. The molecular weight excluding hydrogens is 531 g/mol. The predicted molar refractivity (Wildman–Crippen MR) is 125 cm³/mol. The summed E-state index contributed by atoms with van der Waals surface area (Å²) in [5.74, 6) is -1.56. The molecule has 0 spiro atoms. The summed E-state index contributed by atoms with van der Waals surface area (Å²) in [7, 11) is -4.74. The Morgan fingerprint density at radius 2 is 2.11 bits per heavy atom. The van der Waals surface area contributed by atoms with Crippen LogP contribution in [0, 0.1) is 0 Å². The van der Waals surface area contributed by atoms with Crippen LogP contribution in [0.15, 0.2) is 33.3 Å². The maximum atomic E-state index is 12.9. The number of carbonyl (C=O) groups is 4. The summed E-state index contributed by atoms with van der Waals surface area (Å²) in [5.41, 5.74) is 5.66. The molecule has 2 aliphatic rings. The van der Waals surface area contributed by atoms with Crippen LogP contribution >= 0.6 is 11.3 Å². The van der Waals surface area contributed by atoms with Gasteiger partial charge in [-0.05, 0) is 12.1 Å². The number of nitrogen functional groups attached to an aromatic ring is 1. The molecule has 2 fully saturated rings. The summed E-state index contributed by atoms with van der Waals surface area (Å²) < 4.78 is 36.4. The number of thiazole rings is 1. The number of furan rings is 1. The second-order valence-corrected chi connectivity index (χ2v) is 9.44. The summed E-state index contributed by atoms with van der Waals surface area (Å²) in [5, 5.41) is 11.2. The van der Waals surface area contributed by atoms with Crippen LogP contribution in [0.3, 0.4) is 0 Å². The molecule has 36 heavy (non-hydrogen) atoms. The number of hydrogen-bond donors (Lipinski definition) is 4. The summed E-state index contributed by atoms with van der Waals surface area (Å²) in [6.07, 6.45) is 2.74. The van der Waals surface area contributed by atoms with Crippen molar-refractivity contribution in [3.63, 3.8) is 0 Å². The van der Waals surface area contributed by atoms with Crippen LogP contribution in [0.4, 0.5) is 14.7 Å². The van der Waals surface area contributed by atoms with Gasteiger partial charge in [-0.15, -0.1) is 11.3 Å². The molecule has 188 valence electrons. The molecule has 2 saturated heterocycles. The van der Waals surface area contributed by atoms with Crippen molar-refractivity contribution in [3.05, 3.63) is 35.2 Å². The van der Waals surface area contributed by atoms with Crippen LogP contribution in [0.25, 0.3) is 0 Å². The van der Waals surface area contributed by atoms with E-state index in [0.717, 1.165) is 21.2 Å². The van der Waals surface area contributed by atoms with E-state index in [1.807, 2.05) is 0 Å². The first-order valence-electron chi connectivity index (χ1n) is 9.82. The zero-order valence-corrected chi connectivity index (χ0v) is 19.2. The van der Waals surface area contributed by atoms with Gasteiger partial charge in [-0.3, -0.25) is 14.1 Å². The van der Waals surface area contributed by atoms with Gasteiger partial charge in [0.25, 0.3) is 5.91 Å². The second kappa shape index (κ2) is 10.9. The van der Waals surface area contributed by atoms with Crippen LogP contribution in [0.1, 0.15) is 17.5 Å². The van der Waals surface area contributed by atoms with Gasteiger partial charge in [-0.2, -0.15) is 13.5 Å². The normalized spacial score (nSPS) is 18.7. The van der Waals surface area contributed by atoms with E-state index in [4.69, 9.17) is 14.7 Å². The number of anilines is 1. The fraction of sp³-hybridized carbons (Fsp3) is 0.294. The number of hydrazone groups is 1.